The van der Waals surface area contributed by atoms with Gasteiger partial charge in [-0.05, 0) is 66.4 Å². The van der Waals surface area contributed by atoms with E-state index >= 15 is 0 Å². The van der Waals surface area contributed by atoms with Gasteiger partial charge in [0.05, 0.1) is 11.0 Å². The van der Waals surface area contributed by atoms with Crippen LogP contribution in [0.1, 0.15) is 57.4 Å². The summed E-state index contributed by atoms with van der Waals surface area (Å²) in [4.78, 5) is 15.1. The van der Waals surface area contributed by atoms with Gasteiger partial charge in [0, 0.05) is 29.4 Å². The van der Waals surface area contributed by atoms with Crippen LogP contribution in [0.2, 0.25) is 5.02 Å². The molecule has 3 aromatic carbocycles. The van der Waals surface area contributed by atoms with Crippen LogP contribution in [0.3, 0.4) is 0 Å². The molecule has 2 aromatic heterocycles. The number of imidazole rings is 1. The number of anilines is 2. The first-order chi connectivity index (χ1) is 19.2. The third-order valence-corrected chi connectivity index (χ3v) is 7.57. The van der Waals surface area contributed by atoms with E-state index in [4.69, 9.17) is 21.3 Å². The first-order valence-corrected chi connectivity index (χ1v) is 14.1. The van der Waals surface area contributed by atoms with Gasteiger partial charge in [-0.15, -0.1) is 0 Å². The van der Waals surface area contributed by atoms with E-state index in [2.05, 4.69) is 85.1 Å². The minimum absolute atomic E-state index is 0.0622. The lowest BCUT2D eigenvalue weighted by atomic mass is 9.86. The van der Waals surface area contributed by atoms with E-state index in [-0.39, 0.29) is 11.5 Å². The molecule has 0 bridgehead atoms. The van der Waals surface area contributed by atoms with E-state index < -0.39 is 0 Å². The van der Waals surface area contributed by atoms with E-state index in [1.54, 1.807) is 6.20 Å². The normalized spacial score (nSPS) is 12.6. The fourth-order valence-electron chi connectivity index (χ4n) is 4.90. The summed E-state index contributed by atoms with van der Waals surface area (Å²) in [6, 6.07) is 26.5. The zero-order chi connectivity index (χ0) is 28.3. The van der Waals surface area contributed by atoms with E-state index in [0.717, 1.165) is 51.7 Å². The maximum Gasteiger partial charge on any atom is 0.243 e. The highest BCUT2D eigenvalue weighted by Crippen LogP contribution is 2.36. The van der Waals surface area contributed by atoms with Crippen molar-refractivity contribution >= 4 is 34.3 Å². The SMILES string of the molecule is CCN(Cc1ccccc1Cl)C(C)c1ccc2nc(Nc3cccnc3Oc3ccccc3C(C)(C)C)[nH]c2c1. The number of aromatic amines is 1. The molecule has 40 heavy (non-hydrogen) atoms. The first-order valence-electron chi connectivity index (χ1n) is 13.7. The van der Waals surface area contributed by atoms with Crippen LogP contribution < -0.4 is 10.1 Å². The molecule has 0 saturated carbocycles. The maximum atomic E-state index is 6.45. The van der Waals surface area contributed by atoms with Gasteiger partial charge < -0.3 is 15.0 Å². The molecule has 0 aliphatic carbocycles. The number of nitrogens with zero attached hydrogens (tertiary/aromatic N) is 3. The second kappa shape index (κ2) is 11.7. The molecular weight excluding hydrogens is 518 g/mol. The molecule has 2 N–H and O–H groups in total. The standard InChI is InChI=1S/C33H36ClN5O/c1-6-39(21-24-12-7-9-14-26(24)34)22(2)23-17-18-27-29(20-23)38-32(36-27)37-28-15-11-19-35-31(28)40-30-16-10-8-13-25(30)33(3,4)5/h7-20,22H,6,21H2,1-5H3,(H2,36,37,38). The molecule has 0 amide bonds. The second-order valence-corrected chi connectivity index (χ2v) is 11.4. The number of fused-ring (bicyclic) bond motifs is 1. The van der Waals surface area contributed by atoms with Gasteiger partial charge in [0.15, 0.2) is 0 Å². The van der Waals surface area contributed by atoms with Crippen LogP contribution in [0.25, 0.3) is 11.0 Å². The number of H-pyrrole nitrogens is 1. The summed E-state index contributed by atoms with van der Waals surface area (Å²) in [5, 5.41) is 4.18. The number of rotatable bonds is 9. The van der Waals surface area contributed by atoms with Crippen LogP contribution in [-0.2, 0) is 12.0 Å². The van der Waals surface area contributed by atoms with Crippen molar-refractivity contribution in [3.63, 3.8) is 0 Å². The number of hydrogen-bond donors (Lipinski definition) is 2. The number of hydrogen-bond acceptors (Lipinski definition) is 5. The molecule has 0 fully saturated rings. The van der Waals surface area contributed by atoms with Crippen molar-refractivity contribution in [1.82, 2.24) is 19.9 Å². The van der Waals surface area contributed by atoms with Crippen LogP contribution >= 0.6 is 11.6 Å². The van der Waals surface area contributed by atoms with Crippen LogP contribution in [0.15, 0.2) is 85.1 Å². The minimum Gasteiger partial charge on any atom is -0.437 e. The lowest BCUT2D eigenvalue weighted by molar-refractivity contribution is 0.213. The van der Waals surface area contributed by atoms with Gasteiger partial charge in [0.1, 0.15) is 11.4 Å². The molecule has 206 valence electrons. The van der Waals surface area contributed by atoms with Crippen molar-refractivity contribution in [3.05, 3.63) is 107 Å². The first kappa shape index (κ1) is 27.7. The van der Waals surface area contributed by atoms with Crippen molar-refractivity contribution in [2.24, 2.45) is 0 Å². The summed E-state index contributed by atoms with van der Waals surface area (Å²) in [7, 11) is 0. The lowest BCUT2D eigenvalue weighted by Crippen LogP contribution is -2.26. The third kappa shape index (κ3) is 6.14. The minimum atomic E-state index is -0.0622. The molecule has 5 rings (SSSR count). The second-order valence-electron chi connectivity index (χ2n) is 11.0. The van der Waals surface area contributed by atoms with Crippen LogP contribution in [0, 0.1) is 0 Å². The number of benzene rings is 3. The van der Waals surface area contributed by atoms with Crippen molar-refractivity contribution in [2.45, 2.75) is 52.6 Å². The number of nitrogens with one attached hydrogen (secondary N) is 2. The number of ether oxygens (including phenoxy) is 1. The van der Waals surface area contributed by atoms with Gasteiger partial charge in [0.25, 0.3) is 0 Å². The molecule has 0 aliphatic heterocycles. The number of para-hydroxylation sites is 1. The Morgan fingerprint density at radius 1 is 1.00 bits per heavy atom. The van der Waals surface area contributed by atoms with E-state index in [9.17, 15) is 0 Å². The number of halogens is 1. The van der Waals surface area contributed by atoms with Gasteiger partial charge in [0.2, 0.25) is 11.8 Å². The Bertz CT molecular complexity index is 1610. The monoisotopic (exact) mass is 553 g/mol. The maximum absolute atomic E-state index is 6.45. The predicted octanol–water partition coefficient (Wildman–Crippen LogP) is 9.03. The zero-order valence-corrected chi connectivity index (χ0v) is 24.5. The number of pyridine rings is 1. The van der Waals surface area contributed by atoms with Gasteiger partial charge in [-0.1, -0.05) is 81.8 Å². The molecular formula is C33H36ClN5O. The summed E-state index contributed by atoms with van der Waals surface area (Å²) in [6.45, 7) is 12.6. The van der Waals surface area contributed by atoms with E-state index in [1.165, 1.54) is 5.56 Å². The molecule has 7 heteroatoms. The van der Waals surface area contributed by atoms with Gasteiger partial charge in [-0.25, -0.2) is 9.97 Å². The number of aromatic nitrogens is 3. The Morgan fingerprint density at radius 3 is 2.55 bits per heavy atom. The van der Waals surface area contributed by atoms with Crippen molar-refractivity contribution < 1.29 is 4.74 Å². The fourth-order valence-corrected chi connectivity index (χ4v) is 5.09. The molecule has 0 saturated heterocycles. The van der Waals surface area contributed by atoms with Crippen LogP contribution in [0.5, 0.6) is 11.6 Å². The van der Waals surface area contributed by atoms with Crippen molar-refractivity contribution in [1.29, 1.82) is 0 Å². The fraction of sp³-hybridized carbons (Fsp3) is 0.273. The Labute approximate surface area is 241 Å². The predicted molar refractivity (Wildman–Crippen MR) is 165 cm³/mol. The Kier molecular flexibility index (Phi) is 8.10. The molecule has 1 atom stereocenters. The summed E-state index contributed by atoms with van der Waals surface area (Å²) >= 11 is 6.45. The van der Waals surface area contributed by atoms with Crippen LogP contribution in [0.4, 0.5) is 11.6 Å². The van der Waals surface area contributed by atoms with Gasteiger partial charge in [-0.3, -0.25) is 4.90 Å². The highest BCUT2D eigenvalue weighted by atomic mass is 35.5. The Balaban J connectivity index is 1.37. The molecule has 0 aliphatic rings. The summed E-state index contributed by atoms with van der Waals surface area (Å²) in [5.74, 6) is 1.91. The van der Waals surface area contributed by atoms with Crippen molar-refractivity contribution in [2.75, 3.05) is 11.9 Å². The Hall–Kier alpha value is -3.87. The summed E-state index contributed by atoms with van der Waals surface area (Å²) < 4.78 is 6.33. The topological polar surface area (TPSA) is 66.1 Å². The molecule has 5 aromatic rings. The Morgan fingerprint density at radius 2 is 1.77 bits per heavy atom. The third-order valence-electron chi connectivity index (χ3n) is 7.20. The highest BCUT2D eigenvalue weighted by molar-refractivity contribution is 6.31. The summed E-state index contributed by atoms with van der Waals surface area (Å²) in [6.07, 6.45) is 1.73. The quantitative estimate of drug-likeness (QED) is 0.190. The molecule has 0 spiro atoms. The average molecular weight is 554 g/mol. The molecule has 0 radical (unpaired) electrons. The van der Waals surface area contributed by atoms with Gasteiger partial charge >= 0.3 is 0 Å². The largest absolute Gasteiger partial charge is 0.437 e. The molecule has 6 nitrogen and oxygen atoms in total. The van der Waals surface area contributed by atoms with E-state index in [1.807, 2.05) is 48.5 Å². The molecule has 1 unspecified atom stereocenters. The summed E-state index contributed by atoms with van der Waals surface area (Å²) in [5.41, 5.74) is 5.98. The van der Waals surface area contributed by atoms with Crippen molar-refractivity contribution in [3.8, 4) is 11.6 Å². The average Bonchev–Trinajstić information content (AvgIpc) is 3.34. The lowest BCUT2D eigenvalue weighted by Gasteiger charge is -2.28. The van der Waals surface area contributed by atoms with E-state index in [0.29, 0.717) is 11.8 Å². The smallest absolute Gasteiger partial charge is 0.243 e. The molecule has 2 heterocycles. The van der Waals surface area contributed by atoms with Gasteiger partial charge in [-0.2, -0.15) is 0 Å². The highest BCUT2D eigenvalue weighted by Gasteiger charge is 2.21. The van der Waals surface area contributed by atoms with Crippen LogP contribution in [-0.4, -0.2) is 26.4 Å². The zero-order valence-electron chi connectivity index (χ0n) is 23.7.